The number of carbonyl (C=O) groups excluding carboxylic acids is 2. The molecular formula is C21H20ClF2N3O5. The molecule has 3 aliphatic carbocycles. The van der Waals surface area contributed by atoms with Crippen LogP contribution in [0, 0.1) is 11.8 Å². The third-order valence-electron chi connectivity index (χ3n) is 5.47. The van der Waals surface area contributed by atoms with Crippen molar-refractivity contribution in [2.45, 2.75) is 30.3 Å². The van der Waals surface area contributed by atoms with Crippen LogP contribution in [0.3, 0.4) is 0 Å². The van der Waals surface area contributed by atoms with Crippen molar-refractivity contribution in [2.24, 2.45) is 0 Å². The molecule has 0 spiro atoms. The minimum absolute atomic E-state index is 0.0255. The van der Waals surface area contributed by atoms with E-state index in [1.807, 2.05) is 0 Å². The molecule has 1 aromatic carbocycles. The summed E-state index contributed by atoms with van der Waals surface area (Å²) in [7, 11) is 1.30. The minimum atomic E-state index is -0.767. The number of aromatic nitrogens is 1. The Morgan fingerprint density at radius 2 is 1.62 bits per heavy atom. The van der Waals surface area contributed by atoms with Crippen molar-refractivity contribution in [3.8, 4) is 17.2 Å². The van der Waals surface area contributed by atoms with Gasteiger partial charge in [0.25, 0.3) is 17.8 Å². The lowest BCUT2D eigenvalue weighted by molar-refractivity contribution is -0.151. The van der Waals surface area contributed by atoms with Crippen molar-refractivity contribution in [1.29, 1.82) is 0 Å². The molecule has 11 heteroatoms. The molecule has 2 N–H and O–H groups in total. The number of hydrogen-bond donors (Lipinski definition) is 2. The Bertz CT molecular complexity index is 1050. The van der Waals surface area contributed by atoms with Crippen LogP contribution in [0.25, 0.3) is 0 Å². The van der Waals surface area contributed by atoms with Crippen LogP contribution < -0.4 is 24.8 Å². The summed E-state index contributed by atoms with van der Waals surface area (Å²) in [6.07, 6.45) is 2.95. The maximum Gasteiger partial charge on any atom is 0.258 e. The standard InChI is InChI=1S/C21H20ClF2N3O5/c1-30-16-5-13(6-25-19(16)24)32-8-18(29)27-21-9-20(10-21,11-21)26-17(28)7-31-12-2-3-14(22)15(23)4-12/h2-6H,7-11H2,1H3,(H,26,28)(H,27,29). The van der Waals surface area contributed by atoms with Crippen molar-refractivity contribution < 1.29 is 32.6 Å². The van der Waals surface area contributed by atoms with Crippen LogP contribution in [-0.2, 0) is 9.59 Å². The monoisotopic (exact) mass is 467 g/mol. The number of rotatable bonds is 9. The average molecular weight is 468 g/mol. The van der Waals surface area contributed by atoms with Gasteiger partial charge in [-0.3, -0.25) is 9.59 Å². The van der Waals surface area contributed by atoms with Crippen LogP contribution in [0.15, 0.2) is 30.5 Å². The van der Waals surface area contributed by atoms with E-state index in [9.17, 15) is 18.4 Å². The number of methoxy groups -OCH3 is 1. The van der Waals surface area contributed by atoms with Crippen molar-refractivity contribution in [2.75, 3.05) is 20.3 Å². The van der Waals surface area contributed by atoms with Gasteiger partial charge >= 0.3 is 0 Å². The molecule has 1 aromatic heterocycles. The Morgan fingerprint density at radius 1 is 1.03 bits per heavy atom. The predicted octanol–water partition coefficient (Wildman–Crippen LogP) is 2.39. The second kappa shape index (κ2) is 8.42. The molecule has 32 heavy (non-hydrogen) atoms. The largest absolute Gasteiger partial charge is 0.492 e. The molecule has 8 nitrogen and oxygen atoms in total. The van der Waals surface area contributed by atoms with Crippen molar-refractivity contribution >= 4 is 23.4 Å². The van der Waals surface area contributed by atoms with Crippen LogP contribution in [0.2, 0.25) is 5.02 Å². The Kier molecular flexibility index (Phi) is 5.81. The Morgan fingerprint density at radius 3 is 2.19 bits per heavy atom. The molecule has 2 bridgehead atoms. The highest BCUT2D eigenvalue weighted by molar-refractivity contribution is 6.30. The molecule has 1 heterocycles. The molecule has 170 valence electrons. The lowest BCUT2D eigenvalue weighted by Crippen LogP contribution is -2.84. The fourth-order valence-corrected chi connectivity index (χ4v) is 4.33. The Balaban J connectivity index is 1.18. The van der Waals surface area contributed by atoms with Crippen LogP contribution >= 0.6 is 11.6 Å². The molecule has 2 aromatic rings. The number of nitrogens with one attached hydrogen (secondary N) is 2. The zero-order chi connectivity index (χ0) is 22.9. The molecule has 0 saturated heterocycles. The summed E-state index contributed by atoms with van der Waals surface area (Å²) in [5.41, 5.74) is -0.735. The minimum Gasteiger partial charge on any atom is -0.492 e. The lowest BCUT2D eigenvalue weighted by Gasteiger charge is -2.70. The summed E-state index contributed by atoms with van der Waals surface area (Å²) in [6.45, 7) is -0.520. The molecule has 3 fully saturated rings. The smallest absolute Gasteiger partial charge is 0.258 e. The van der Waals surface area contributed by atoms with E-state index in [2.05, 4.69) is 15.6 Å². The van der Waals surface area contributed by atoms with E-state index < -0.39 is 11.8 Å². The fourth-order valence-electron chi connectivity index (χ4n) is 4.21. The van der Waals surface area contributed by atoms with Crippen molar-refractivity contribution in [1.82, 2.24) is 15.6 Å². The molecule has 3 aliphatic rings. The molecule has 0 radical (unpaired) electrons. The second-order valence-corrected chi connectivity index (χ2v) is 8.41. The maximum atomic E-state index is 13.4. The summed E-state index contributed by atoms with van der Waals surface area (Å²) < 4.78 is 42.2. The normalized spacial score (nSPS) is 22.8. The zero-order valence-electron chi connectivity index (χ0n) is 17.0. The Labute approximate surface area is 187 Å². The first kappa shape index (κ1) is 22.1. The first-order chi connectivity index (χ1) is 15.2. The van der Waals surface area contributed by atoms with Crippen LogP contribution in [0.4, 0.5) is 8.78 Å². The number of nitrogens with zero attached hydrogens (tertiary/aromatic N) is 1. The predicted molar refractivity (Wildman–Crippen MR) is 109 cm³/mol. The van der Waals surface area contributed by atoms with E-state index in [-0.39, 0.29) is 58.4 Å². The van der Waals surface area contributed by atoms with Gasteiger partial charge in [-0.2, -0.15) is 4.39 Å². The number of pyridine rings is 1. The van der Waals surface area contributed by atoms with E-state index in [1.165, 1.54) is 25.3 Å². The molecule has 2 amide bonds. The van der Waals surface area contributed by atoms with E-state index in [0.717, 1.165) is 12.3 Å². The summed E-state index contributed by atoms with van der Waals surface area (Å²) in [5.74, 6) is -1.72. The number of benzene rings is 1. The third kappa shape index (κ3) is 4.55. The van der Waals surface area contributed by atoms with Gasteiger partial charge in [0, 0.05) is 23.2 Å². The highest BCUT2D eigenvalue weighted by Gasteiger charge is 2.69. The van der Waals surface area contributed by atoms with Gasteiger partial charge in [-0.1, -0.05) is 11.6 Å². The first-order valence-electron chi connectivity index (χ1n) is 9.74. The maximum absolute atomic E-state index is 13.4. The van der Waals surface area contributed by atoms with Gasteiger partial charge < -0.3 is 24.8 Å². The third-order valence-corrected chi connectivity index (χ3v) is 5.78. The lowest BCUT2D eigenvalue weighted by atomic mass is 9.44. The number of amides is 2. The quantitative estimate of drug-likeness (QED) is 0.549. The van der Waals surface area contributed by atoms with Gasteiger partial charge in [0.2, 0.25) is 0 Å². The average Bonchev–Trinajstić information content (AvgIpc) is 2.71. The van der Waals surface area contributed by atoms with E-state index >= 15 is 0 Å². The van der Waals surface area contributed by atoms with Gasteiger partial charge in [-0.15, -0.1) is 0 Å². The summed E-state index contributed by atoms with van der Waals surface area (Å²) in [4.78, 5) is 27.8. The van der Waals surface area contributed by atoms with E-state index in [0.29, 0.717) is 19.3 Å². The van der Waals surface area contributed by atoms with Gasteiger partial charge in [-0.05, 0) is 31.4 Å². The van der Waals surface area contributed by atoms with Gasteiger partial charge in [0.1, 0.15) is 17.3 Å². The molecular weight excluding hydrogens is 448 g/mol. The number of hydrogen-bond acceptors (Lipinski definition) is 6. The highest BCUT2D eigenvalue weighted by Crippen LogP contribution is 2.60. The molecule has 0 aliphatic heterocycles. The molecule has 0 unspecified atom stereocenters. The number of halogens is 3. The van der Waals surface area contributed by atoms with Crippen LogP contribution in [0.1, 0.15) is 19.3 Å². The number of ether oxygens (including phenoxy) is 3. The molecule has 3 saturated carbocycles. The van der Waals surface area contributed by atoms with E-state index in [1.54, 1.807) is 0 Å². The van der Waals surface area contributed by atoms with Gasteiger partial charge in [0.05, 0.1) is 18.3 Å². The van der Waals surface area contributed by atoms with Crippen molar-refractivity contribution in [3.63, 3.8) is 0 Å². The Hall–Kier alpha value is -3.14. The van der Waals surface area contributed by atoms with Crippen LogP contribution in [-0.4, -0.2) is 48.2 Å². The number of carbonyl (C=O) groups is 2. The van der Waals surface area contributed by atoms with Crippen molar-refractivity contribution in [3.05, 3.63) is 47.2 Å². The highest BCUT2D eigenvalue weighted by atomic mass is 35.5. The van der Waals surface area contributed by atoms with Gasteiger partial charge in [0.15, 0.2) is 19.0 Å². The summed E-state index contributed by atoms with van der Waals surface area (Å²) >= 11 is 5.61. The molecule has 0 atom stereocenters. The first-order valence-corrected chi connectivity index (χ1v) is 10.1. The molecule has 5 rings (SSSR count). The SMILES string of the molecule is COc1cc(OCC(=O)NC23CC(NC(=O)COc4ccc(Cl)c(F)c4)(C2)C3)cnc1F. The fraction of sp³-hybridized carbons (Fsp3) is 0.381. The summed E-state index contributed by atoms with van der Waals surface area (Å²) in [5, 5.41) is 5.79. The van der Waals surface area contributed by atoms with Gasteiger partial charge in [-0.25, -0.2) is 9.37 Å². The van der Waals surface area contributed by atoms with Crippen LogP contribution in [0.5, 0.6) is 17.2 Å². The second-order valence-electron chi connectivity index (χ2n) is 8.00. The summed E-state index contributed by atoms with van der Waals surface area (Å²) in [6, 6.07) is 5.25. The zero-order valence-corrected chi connectivity index (χ0v) is 17.8. The van der Waals surface area contributed by atoms with E-state index in [4.69, 9.17) is 25.8 Å². The topological polar surface area (TPSA) is 98.8 Å².